The second-order valence-corrected chi connectivity index (χ2v) is 0. The summed E-state index contributed by atoms with van der Waals surface area (Å²) in [7, 11) is 0. The zero-order valence-electron chi connectivity index (χ0n) is 1.40. The van der Waals surface area contributed by atoms with Crippen LogP contribution in [-0.2, 0) is 51.2 Å². The zero-order chi connectivity index (χ0) is 0. The molecule has 0 saturated carbocycles. The minimum absolute atomic E-state index is 0. The fraction of sp³-hybridized carbons (Fsp3) is 0. The first-order valence-electron chi connectivity index (χ1n) is 0. The molecule has 0 heterocycles. The smallest absolute Gasteiger partial charge is 0 e. The first-order chi connectivity index (χ1) is 0. The summed E-state index contributed by atoms with van der Waals surface area (Å²) < 4.78 is 0. The van der Waals surface area contributed by atoms with E-state index < -0.39 is 0 Å². The molecule has 0 aliphatic rings. The molecule has 0 amide bonds. The van der Waals surface area contributed by atoms with Gasteiger partial charge < -0.3 is 0 Å². The Balaban J connectivity index is 0. The van der Waals surface area contributed by atoms with Gasteiger partial charge in [0.2, 0.25) is 0 Å². The predicted octanol–water partition coefficient (Wildman–Crippen LogP) is -0.388. The van der Waals surface area contributed by atoms with Crippen molar-refractivity contribution in [3.63, 3.8) is 0 Å². The summed E-state index contributed by atoms with van der Waals surface area (Å²) in [5.74, 6) is 0. The third kappa shape index (κ3) is 8.84. The summed E-state index contributed by atoms with van der Waals surface area (Å²) >= 11 is 0. The molecule has 0 spiro atoms. The summed E-state index contributed by atoms with van der Waals surface area (Å²) in [6.45, 7) is 0. The van der Waals surface area contributed by atoms with Crippen LogP contribution in [0.3, 0.4) is 0 Å². The molecule has 0 fully saturated rings. The average Bonchev–Trinajstić information content (AvgIpc) is 0. The largest absolute Gasteiger partial charge is 0 e. The van der Waals surface area contributed by atoms with Gasteiger partial charge in [-0.15, -0.1) is 0 Å². The van der Waals surface area contributed by atoms with Gasteiger partial charge in [-0.3, -0.25) is 0 Å². The Morgan fingerprint density at radius 1 is 0.500 bits per heavy atom. The van der Waals surface area contributed by atoms with E-state index in [0.717, 1.165) is 0 Å². The van der Waals surface area contributed by atoms with E-state index in [1.165, 1.54) is 0 Å². The van der Waals surface area contributed by atoms with Crippen LogP contribution in [0.5, 0.6) is 0 Å². The third-order valence-electron chi connectivity index (χ3n) is 0. The van der Waals surface area contributed by atoms with Gasteiger partial charge in [-0.25, -0.2) is 0 Å². The molecular weight excluding hydrogens is 309 g/mol. The molecule has 0 unspecified atom stereocenters. The van der Waals surface area contributed by atoms with Crippen LogP contribution in [-0.4, -0.2) is 23.9 Å². The van der Waals surface area contributed by atoms with Gasteiger partial charge in [0.25, 0.3) is 0 Å². The molecule has 0 aromatic rings. The first-order valence-corrected chi connectivity index (χ1v) is 0. The van der Waals surface area contributed by atoms with Crippen molar-refractivity contribution in [2.75, 3.05) is 0 Å². The van der Waals surface area contributed by atoms with Crippen LogP contribution in [0.15, 0.2) is 0 Å². The molecule has 0 atom stereocenters. The Morgan fingerprint density at radius 3 is 0.500 bits per heavy atom. The van der Waals surface area contributed by atoms with Crippen molar-refractivity contribution in [2.45, 2.75) is 0 Å². The Kier molecular flexibility index (Phi) is 150. The molecule has 0 rings (SSSR count). The summed E-state index contributed by atoms with van der Waals surface area (Å²) in [4.78, 5) is 0. The number of hydrogen-bond acceptors (Lipinski definition) is 0. The maximum Gasteiger partial charge on any atom is 0 e. The Labute approximate surface area is 74.2 Å². The molecule has 0 saturated heterocycles. The van der Waals surface area contributed by atoms with Crippen molar-refractivity contribution in [1.29, 1.82) is 0 Å². The minimum Gasteiger partial charge on any atom is 0 e. The van der Waals surface area contributed by atoms with Crippen molar-refractivity contribution in [3.8, 4) is 0 Å². The fourth-order valence-electron chi connectivity index (χ4n) is 0. The summed E-state index contributed by atoms with van der Waals surface area (Å²) in [5.41, 5.74) is 0. The summed E-state index contributed by atoms with van der Waals surface area (Å²) in [5, 5.41) is 0. The zero-order valence-corrected chi connectivity index (χ0v) is 7.08. The van der Waals surface area contributed by atoms with E-state index in [9.17, 15) is 0 Å². The van der Waals surface area contributed by atoms with E-state index >= 15 is 0 Å². The van der Waals surface area contributed by atoms with Crippen LogP contribution in [0.2, 0.25) is 0 Å². The van der Waals surface area contributed by atoms with Gasteiger partial charge in [0.1, 0.15) is 0 Å². The topological polar surface area (TPSA) is 0 Å². The Morgan fingerprint density at radius 2 is 0.500 bits per heavy atom. The van der Waals surface area contributed by atoms with E-state index in [0.29, 0.717) is 0 Å². The van der Waals surface area contributed by atoms with Crippen LogP contribution >= 0.6 is 0 Å². The van der Waals surface area contributed by atoms with Crippen molar-refractivity contribution < 1.29 is 51.2 Å². The van der Waals surface area contributed by atoms with Crippen molar-refractivity contribution in [2.24, 2.45) is 0 Å². The molecule has 0 aliphatic heterocycles. The molecule has 4 heteroatoms. The molecule has 0 aromatic carbocycles. The van der Waals surface area contributed by atoms with Crippen LogP contribution in [0.1, 0.15) is 0 Å². The van der Waals surface area contributed by atoms with Crippen LogP contribution in [0.4, 0.5) is 0 Å². The Hall–Kier alpha value is 2.36. The summed E-state index contributed by atoms with van der Waals surface area (Å²) in [6.07, 6.45) is 0. The van der Waals surface area contributed by atoms with Crippen molar-refractivity contribution in [3.05, 3.63) is 0 Å². The van der Waals surface area contributed by atoms with Crippen LogP contribution in [0, 0.1) is 0 Å². The SMILES string of the molecule is [Cu].[Cu].[Cu].[Sn]. The molecular formula is Cu3Sn. The second kappa shape index (κ2) is 18.3. The van der Waals surface area contributed by atoms with E-state index in [4.69, 9.17) is 0 Å². The number of rotatable bonds is 0. The molecule has 0 bridgehead atoms. The molecule has 0 aromatic heterocycles. The molecule has 4 heavy (non-hydrogen) atoms. The second-order valence-electron chi connectivity index (χ2n) is 0. The standard InChI is InChI=1S/3Cu.Sn. The third-order valence-corrected chi connectivity index (χ3v) is 0. The van der Waals surface area contributed by atoms with E-state index in [-0.39, 0.29) is 75.1 Å². The van der Waals surface area contributed by atoms with Crippen LogP contribution in [0.25, 0.3) is 0 Å². The molecule has 0 aliphatic carbocycles. The maximum atomic E-state index is 0. The molecule has 0 N–H and O–H groups in total. The quantitative estimate of drug-likeness (QED) is 0.535. The van der Waals surface area contributed by atoms with E-state index in [2.05, 4.69) is 0 Å². The predicted molar refractivity (Wildman–Crippen MR) is 5.75 cm³/mol. The monoisotopic (exact) mass is 309 g/mol. The van der Waals surface area contributed by atoms with Gasteiger partial charge >= 0.3 is 0 Å². The van der Waals surface area contributed by atoms with E-state index in [1.807, 2.05) is 0 Å². The first kappa shape index (κ1) is 32.8. The van der Waals surface area contributed by atoms with Gasteiger partial charge in [-0.05, 0) is 0 Å². The van der Waals surface area contributed by atoms with Gasteiger partial charge in [0, 0.05) is 75.1 Å². The van der Waals surface area contributed by atoms with Crippen molar-refractivity contribution >= 4 is 23.9 Å². The van der Waals surface area contributed by atoms with Gasteiger partial charge in [-0.2, -0.15) is 0 Å². The fourth-order valence-corrected chi connectivity index (χ4v) is 0. The molecule has 0 nitrogen and oxygen atoms in total. The molecule has 7 radical (unpaired) electrons. The Bertz CT molecular complexity index is 3.25. The normalized spacial score (nSPS) is 0. The van der Waals surface area contributed by atoms with E-state index in [1.54, 1.807) is 0 Å². The average molecular weight is 309 g/mol. The maximum absolute atomic E-state index is 0. The van der Waals surface area contributed by atoms with Crippen molar-refractivity contribution in [1.82, 2.24) is 0 Å². The summed E-state index contributed by atoms with van der Waals surface area (Å²) in [6, 6.07) is 0. The minimum atomic E-state index is 0. The van der Waals surface area contributed by atoms with Gasteiger partial charge in [0.15, 0.2) is 0 Å². The van der Waals surface area contributed by atoms with Crippen LogP contribution < -0.4 is 0 Å². The molecule has 37 valence electrons. The van der Waals surface area contributed by atoms with Gasteiger partial charge in [-0.1, -0.05) is 0 Å². The van der Waals surface area contributed by atoms with Gasteiger partial charge in [0.05, 0.1) is 0 Å². The number of hydrogen-bond donors (Lipinski definition) is 0.